The van der Waals surface area contributed by atoms with Crippen LogP contribution in [0.2, 0.25) is 5.02 Å². The van der Waals surface area contributed by atoms with E-state index in [-0.39, 0.29) is 23.4 Å². The second-order valence-corrected chi connectivity index (χ2v) is 12.2. The Kier molecular flexibility index (Phi) is 10.8. The minimum Gasteiger partial charge on any atom is -0.352 e. The molecule has 0 unspecified atom stereocenters. The van der Waals surface area contributed by atoms with Crippen LogP contribution in [0.5, 0.6) is 0 Å². The van der Waals surface area contributed by atoms with Gasteiger partial charge in [0.15, 0.2) is 0 Å². The highest BCUT2D eigenvalue weighted by molar-refractivity contribution is 7.92. The minimum atomic E-state index is -4.11. The van der Waals surface area contributed by atoms with Gasteiger partial charge in [-0.15, -0.1) is 0 Å². The first kappa shape index (κ1) is 31.2. The Morgan fingerprint density at radius 1 is 0.900 bits per heavy atom. The zero-order chi connectivity index (χ0) is 29.4. The second kappa shape index (κ2) is 13.8. The van der Waals surface area contributed by atoms with Gasteiger partial charge in [-0.05, 0) is 80.6 Å². The number of amides is 2. The first-order valence-electron chi connectivity index (χ1n) is 13.5. The lowest BCUT2D eigenvalue weighted by Gasteiger charge is -2.34. The maximum Gasteiger partial charge on any atom is 0.264 e. The van der Waals surface area contributed by atoms with Crippen LogP contribution in [0, 0.1) is 13.8 Å². The Labute approximate surface area is 243 Å². The smallest absolute Gasteiger partial charge is 0.264 e. The number of anilines is 1. The van der Waals surface area contributed by atoms with Crippen LogP contribution in [0.25, 0.3) is 0 Å². The molecular formula is C31H38ClN3O4S. The summed E-state index contributed by atoms with van der Waals surface area (Å²) in [5.74, 6) is -0.759. The number of hydrogen-bond acceptors (Lipinski definition) is 4. The average molecular weight is 584 g/mol. The van der Waals surface area contributed by atoms with Gasteiger partial charge in [-0.25, -0.2) is 8.42 Å². The summed E-state index contributed by atoms with van der Waals surface area (Å²) in [5, 5.41) is 3.54. The summed E-state index contributed by atoms with van der Waals surface area (Å²) in [6.45, 7) is 9.10. The van der Waals surface area contributed by atoms with Crippen LogP contribution in [0.15, 0.2) is 77.7 Å². The quantitative estimate of drug-likeness (QED) is 0.289. The number of rotatable bonds is 12. The fourth-order valence-electron chi connectivity index (χ4n) is 4.39. The first-order valence-corrected chi connectivity index (χ1v) is 15.3. The molecule has 2 atom stereocenters. The molecule has 0 bridgehead atoms. The van der Waals surface area contributed by atoms with Gasteiger partial charge in [0.1, 0.15) is 12.6 Å². The maximum absolute atomic E-state index is 14.1. The number of hydrogen-bond donors (Lipinski definition) is 1. The number of nitrogens with zero attached hydrogens (tertiary/aromatic N) is 2. The van der Waals surface area contributed by atoms with E-state index in [0.717, 1.165) is 27.4 Å². The molecule has 40 heavy (non-hydrogen) atoms. The largest absolute Gasteiger partial charge is 0.352 e. The molecule has 0 saturated heterocycles. The van der Waals surface area contributed by atoms with Crippen LogP contribution in [0.4, 0.5) is 5.69 Å². The predicted octanol–water partition coefficient (Wildman–Crippen LogP) is 5.87. The fraction of sp³-hybridized carbons (Fsp3) is 0.355. The fourth-order valence-corrected chi connectivity index (χ4v) is 6.00. The van der Waals surface area contributed by atoms with E-state index in [9.17, 15) is 18.0 Å². The molecule has 0 aromatic heterocycles. The molecule has 9 heteroatoms. The topological polar surface area (TPSA) is 86.8 Å². The molecule has 0 aliphatic rings. The normalized spacial score (nSPS) is 12.8. The van der Waals surface area contributed by atoms with Crippen molar-refractivity contribution in [3.63, 3.8) is 0 Å². The SMILES string of the molecule is CC[C@H](C)NC(=O)[C@H](CC)N(Cc1ccc(Cl)cc1)C(=O)CN(c1cccc(C)c1C)S(=O)(=O)c1ccccc1. The number of aryl methyl sites for hydroxylation is 1. The van der Waals surface area contributed by atoms with Gasteiger partial charge in [0.05, 0.1) is 10.6 Å². The summed E-state index contributed by atoms with van der Waals surface area (Å²) >= 11 is 6.08. The molecule has 0 aliphatic heterocycles. The van der Waals surface area contributed by atoms with Crippen molar-refractivity contribution in [2.45, 2.75) is 71.0 Å². The van der Waals surface area contributed by atoms with Crippen LogP contribution < -0.4 is 9.62 Å². The van der Waals surface area contributed by atoms with Gasteiger partial charge >= 0.3 is 0 Å². The van der Waals surface area contributed by atoms with Crippen LogP contribution >= 0.6 is 11.6 Å². The van der Waals surface area contributed by atoms with Gasteiger partial charge in [0.25, 0.3) is 10.0 Å². The van der Waals surface area contributed by atoms with E-state index in [1.807, 2.05) is 40.7 Å². The lowest BCUT2D eigenvalue weighted by Crippen LogP contribution is -2.53. The third-order valence-corrected chi connectivity index (χ3v) is 9.13. The van der Waals surface area contributed by atoms with Crippen LogP contribution in [0.3, 0.4) is 0 Å². The molecule has 3 rings (SSSR count). The van der Waals surface area contributed by atoms with E-state index in [1.165, 1.54) is 17.0 Å². The van der Waals surface area contributed by atoms with Crippen molar-refractivity contribution in [1.29, 1.82) is 0 Å². The van der Waals surface area contributed by atoms with Gasteiger partial charge in [-0.3, -0.25) is 13.9 Å². The lowest BCUT2D eigenvalue weighted by molar-refractivity contribution is -0.140. The van der Waals surface area contributed by atoms with Gasteiger partial charge in [0, 0.05) is 17.6 Å². The summed E-state index contributed by atoms with van der Waals surface area (Å²) in [6, 6.07) is 19.6. The maximum atomic E-state index is 14.1. The van der Waals surface area contributed by atoms with Crippen molar-refractivity contribution < 1.29 is 18.0 Å². The first-order chi connectivity index (χ1) is 19.0. The molecule has 0 spiro atoms. The number of carbonyl (C=O) groups is 2. The Morgan fingerprint density at radius 2 is 1.55 bits per heavy atom. The molecule has 1 N–H and O–H groups in total. The van der Waals surface area contributed by atoms with E-state index in [2.05, 4.69) is 5.32 Å². The van der Waals surface area contributed by atoms with E-state index in [0.29, 0.717) is 17.1 Å². The van der Waals surface area contributed by atoms with Gasteiger partial charge in [0.2, 0.25) is 11.8 Å². The van der Waals surface area contributed by atoms with Crippen LogP contribution in [-0.2, 0) is 26.2 Å². The zero-order valence-corrected chi connectivity index (χ0v) is 25.3. The Hall–Kier alpha value is -3.36. The molecule has 0 fully saturated rings. The van der Waals surface area contributed by atoms with Crippen molar-refractivity contribution >= 4 is 39.1 Å². The summed E-state index contributed by atoms with van der Waals surface area (Å²) < 4.78 is 29.1. The number of halogens is 1. The molecular weight excluding hydrogens is 546 g/mol. The molecule has 0 heterocycles. The molecule has 0 saturated carbocycles. The number of benzene rings is 3. The monoisotopic (exact) mass is 583 g/mol. The van der Waals surface area contributed by atoms with E-state index < -0.39 is 28.5 Å². The Morgan fingerprint density at radius 3 is 2.15 bits per heavy atom. The number of carbonyl (C=O) groups excluding carboxylic acids is 2. The molecule has 0 aliphatic carbocycles. The van der Waals surface area contributed by atoms with Gasteiger partial charge < -0.3 is 10.2 Å². The Balaban J connectivity index is 2.08. The van der Waals surface area contributed by atoms with Gasteiger partial charge in [-0.1, -0.05) is 67.9 Å². The van der Waals surface area contributed by atoms with Crippen LogP contribution in [-0.4, -0.2) is 43.8 Å². The molecule has 2 amide bonds. The summed E-state index contributed by atoms with van der Waals surface area (Å²) in [4.78, 5) is 29.0. The summed E-state index contributed by atoms with van der Waals surface area (Å²) in [6.07, 6.45) is 1.10. The van der Waals surface area contributed by atoms with Crippen molar-refractivity contribution in [3.8, 4) is 0 Å². The summed E-state index contributed by atoms with van der Waals surface area (Å²) in [7, 11) is -4.11. The Bertz CT molecular complexity index is 1410. The van der Waals surface area contributed by atoms with Crippen LogP contribution in [0.1, 0.15) is 50.3 Å². The summed E-state index contributed by atoms with van der Waals surface area (Å²) in [5.41, 5.74) is 2.84. The standard InChI is InChI=1S/C31H38ClN3O4S/c1-6-23(4)33-31(37)28(7-2)34(20-25-16-18-26(32)19-17-25)30(36)21-35(29-15-11-12-22(3)24(29)5)40(38,39)27-13-9-8-10-14-27/h8-19,23,28H,6-7,20-21H2,1-5H3,(H,33,37)/t23-,28-/m0/s1. The molecule has 3 aromatic rings. The highest BCUT2D eigenvalue weighted by Gasteiger charge is 2.34. The number of nitrogens with one attached hydrogen (secondary N) is 1. The molecule has 7 nitrogen and oxygen atoms in total. The average Bonchev–Trinajstić information content (AvgIpc) is 2.94. The zero-order valence-electron chi connectivity index (χ0n) is 23.7. The lowest BCUT2D eigenvalue weighted by atomic mass is 10.1. The van der Waals surface area contributed by atoms with Crippen molar-refractivity contribution in [2.75, 3.05) is 10.8 Å². The third kappa shape index (κ3) is 7.43. The highest BCUT2D eigenvalue weighted by atomic mass is 35.5. The third-order valence-electron chi connectivity index (χ3n) is 7.11. The second-order valence-electron chi connectivity index (χ2n) is 9.93. The molecule has 0 radical (unpaired) electrons. The van der Waals surface area contributed by atoms with E-state index >= 15 is 0 Å². The van der Waals surface area contributed by atoms with Crippen molar-refractivity contribution in [3.05, 3.63) is 94.5 Å². The van der Waals surface area contributed by atoms with E-state index in [4.69, 9.17) is 11.6 Å². The number of sulfonamides is 1. The molecule has 214 valence electrons. The van der Waals surface area contributed by atoms with Gasteiger partial charge in [-0.2, -0.15) is 0 Å². The van der Waals surface area contributed by atoms with Crippen molar-refractivity contribution in [2.24, 2.45) is 0 Å². The van der Waals surface area contributed by atoms with E-state index in [1.54, 1.807) is 54.6 Å². The molecule has 3 aromatic carbocycles. The van der Waals surface area contributed by atoms with Crippen molar-refractivity contribution in [1.82, 2.24) is 10.2 Å². The highest BCUT2D eigenvalue weighted by Crippen LogP contribution is 2.29. The predicted molar refractivity (Wildman–Crippen MR) is 161 cm³/mol. The minimum absolute atomic E-state index is 0.0704.